The lowest BCUT2D eigenvalue weighted by Gasteiger charge is -2.13. The molecule has 0 amide bonds. The number of anilines is 2. The monoisotopic (exact) mass is 286 g/mol. The summed E-state index contributed by atoms with van der Waals surface area (Å²) >= 11 is 10.3. The predicted molar refractivity (Wildman–Crippen MR) is 90.2 cm³/mol. The minimum Gasteiger partial charge on any atom is -0.352 e. The lowest BCUT2D eigenvalue weighted by Crippen LogP contribution is -2.13. The van der Waals surface area contributed by atoms with Crippen LogP contribution < -0.4 is 10.6 Å². The van der Waals surface area contributed by atoms with E-state index in [2.05, 4.69) is 10.6 Å². The molecule has 0 radical (unpaired) electrons. The van der Waals surface area contributed by atoms with Crippen LogP contribution in [-0.2, 0) is 0 Å². The van der Waals surface area contributed by atoms with E-state index in [0.29, 0.717) is 4.99 Å². The van der Waals surface area contributed by atoms with Crippen LogP contribution >= 0.6 is 24.4 Å². The van der Waals surface area contributed by atoms with Crippen LogP contribution in [0.1, 0.15) is 11.1 Å². The first-order valence-corrected chi connectivity index (χ1v) is 6.76. The number of hydrogen-bond acceptors (Lipinski definition) is 2. The average molecular weight is 286 g/mol. The van der Waals surface area contributed by atoms with Crippen molar-refractivity contribution in [1.82, 2.24) is 0 Å². The smallest absolute Gasteiger partial charge is 0.113 e. The number of rotatable bonds is 4. The molecule has 0 atom stereocenters. The maximum Gasteiger partial charge on any atom is 0.113 e. The molecule has 2 N–H and O–H groups in total. The Hall–Kier alpha value is -1.78. The summed E-state index contributed by atoms with van der Waals surface area (Å²) in [5.41, 5.74) is 5.50. The van der Waals surface area contributed by atoms with E-state index >= 15 is 0 Å². The zero-order valence-electron chi connectivity index (χ0n) is 10.5. The predicted octanol–water partition coefficient (Wildman–Crippen LogP) is 4.15. The van der Waals surface area contributed by atoms with Crippen molar-refractivity contribution in [3.8, 4) is 0 Å². The Labute approximate surface area is 123 Å². The first-order valence-electron chi connectivity index (χ1n) is 5.88. The number of hydrogen-bond donors (Lipinski definition) is 2. The normalized spacial score (nSPS) is 9.74. The van der Waals surface area contributed by atoms with Gasteiger partial charge in [-0.15, -0.1) is 0 Å². The summed E-state index contributed by atoms with van der Waals surface area (Å²) in [7, 11) is 0. The van der Waals surface area contributed by atoms with E-state index in [-0.39, 0.29) is 0 Å². The summed E-state index contributed by atoms with van der Waals surface area (Å²) in [4.78, 5) is 0.675. The summed E-state index contributed by atoms with van der Waals surface area (Å²) in [6, 6.07) is 15.9. The molecule has 0 spiro atoms. The second-order valence-corrected chi connectivity index (χ2v) is 4.72. The van der Waals surface area contributed by atoms with Crippen molar-refractivity contribution in [2.24, 2.45) is 0 Å². The molecule has 0 unspecified atom stereocenters. The topological polar surface area (TPSA) is 24.1 Å². The van der Waals surface area contributed by atoms with Crippen molar-refractivity contribution in [2.45, 2.75) is 6.92 Å². The standard InChI is InChI=1S/C15H14N2S2/c1-11-6-2-4-8-13(11)17-15(19)12-7-3-5-9-14(12)16-10-18/h2-10H,1H3,(H,16,18)(H,17,19). The third-order valence-corrected chi connectivity index (χ3v) is 3.22. The van der Waals surface area contributed by atoms with Gasteiger partial charge in [0.15, 0.2) is 0 Å². The number of aryl methyl sites for hydroxylation is 1. The Morgan fingerprint density at radius 1 is 1.00 bits per heavy atom. The molecule has 0 heterocycles. The molecule has 0 aliphatic carbocycles. The number of para-hydroxylation sites is 2. The van der Waals surface area contributed by atoms with Gasteiger partial charge >= 0.3 is 0 Å². The largest absolute Gasteiger partial charge is 0.352 e. The van der Waals surface area contributed by atoms with E-state index in [0.717, 1.165) is 22.5 Å². The molecular formula is C15H14N2S2. The summed E-state index contributed by atoms with van der Waals surface area (Å²) in [5.74, 6) is 0. The molecule has 0 bridgehead atoms. The third-order valence-electron chi connectivity index (χ3n) is 2.78. The van der Waals surface area contributed by atoms with Gasteiger partial charge < -0.3 is 10.6 Å². The fraction of sp³-hybridized carbons (Fsp3) is 0.0667. The minimum absolute atomic E-state index is 0.675. The van der Waals surface area contributed by atoms with Crippen LogP contribution in [0, 0.1) is 6.92 Å². The van der Waals surface area contributed by atoms with Crippen molar-refractivity contribution < 1.29 is 0 Å². The second-order valence-electron chi connectivity index (χ2n) is 4.08. The number of thiocarbonyl (C=S) groups is 2. The van der Waals surface area contributed by atoms with Crippen LogP contribution in [0.25, 0.3) is 0 Å². The first-order chi connectivity index (χ1) is 9.22. The molecule has 19 heavy (non-hydrogen) atoms. The van der Waals surface area contributed by atoms with Crippen molar-refractivity contribution in [1.29, 1.82) is 0 Å². The zero-order chi connectivity index (χ0) is 13.7. The first kappa shape index (κ1) is 13.6. The van der Waals surface area contributed by atoms with Gasteiger partial charge in [0.25, 0.3) is 0 Å². The molecule has 0 fully saturated rings. The molecule has 96 valence electrons. The summed E-state index contributed by atoms with van der Waals surface area (Å²) in [5, 5.41) is 6.29. The average Bonchev–Trinajstić information content (AvgIpc) is 2.42. The SMILES string of the molecule is Cc1ccccc1NC(=S)c1ccccc1NC=S. The van der Waals surface area contributed by atoms with E-state index in [9.17, 15) is 0 Å². The van der Waals surface area contributed by atoms with Gasteiger partial charge in [-0.05, 0) is 30.7 Å². The Morgan fingerprint density at radius 3 is 2.32 bits per heavy atom. The van der Waals surface area contributed by atoms with Gasteiger partial charge in [0.2, 0.25) is 0 Å². The maximum atomic E-state index is 5.46. The molecule has 2 aromatic rings. The second kappa shape index (κ2) is 6.41. The van der Waals surface area contributed by atoms with Gasteiger partial charge in [0, 0.05) is 16.9 Å². The highest BCUT2D eigenvalue weighted by atomic mass is 32.1. The van der Waals surface area contributed by atoms with Gasteiger partial charge in [-0.1, -0.05) is 54.8 Å². The molecule has 0 saturated heterocycles. The Kier molecular flexibility index (Phi) is 4.60. The highest BCUT2D eigenvalue weighted by Gasteiger charge is 2.07. The van der Waals surface area contributed by atoms with Gasteiger partial charge in [0.05, 0.1) is 5.49 Å². The van der Waals surface area contributed by atoms with Crippen LogP contribution in [0.15, 0.2) is 48.5 Å². The lowest BCUT2D eigenvalue weighted by atomic mass is 10.1. The molecule has 2 nitrogen and oxygen atoms in total. The van der Waals surface area contributed by atoms with Crippen molar-refractivity contribution in [2.75, 3.05) is 10.6 Å². The zero-order valence-corrected chi connectivity index (χ0v) is 12.1. The van der Waals surface area contributed by atoms with Gasteiger partial charge in [0.1, 0.15) is 4.99 Å². The van der Waals surface area contributed by atoms with Crippen LogP contribution in [0.4, 0.5) is 11.4 Å². The molecular weight excluding hydrogens is 272 g/mol. The molecule has 0 saturated carbocycles. The number of benzene rings is 2. The van der Waals surface area contributed by atoms with Crippen molar-refractivity contribution in [3.05, 3.63) is 59.7 Å². The van der Waals surface area contributed by atoms with Gasteiger partial charge in [-0.25, -0.2) is 0 Å². The summed E-state index contributed by atoms with van der Waals surface area (Å²) in [6.07, 6.45) is 0. The fourth-order valence-corrected chi connectivity index (χ4v) is 2.19. The quantitative estimate of drug-likeness (QED) is 0.825. The van der Waals surface area contributed by atoms with Crippen LogP contribution in [0.5, 0.6) is 0 Å². The van der Waals surface area contributed by atoms with Crippen LogP contribution in [0.3, 0.4) is 0 Å². The van der Waals surface area contributed by atoms with E-state index < -0.39 is 0 Å². The molecule has 0 aromatic heterocycles. The fourth-order valence-electron chi connectivity index (χ4n) is 1.77. The lowest BCUT2D eigenvalue weighted by molar-refractivity contribution is 1.46. The Morgan fingerprint density at radius 2 is 1.63 bits per heavy atom. The van der Waals surface area contributed by atoms with Gasteiger partial charge in [-0.3, -0.25) is 0 Å². The van der Waals surface area contributed by atoms with E-state index in [1.54, 1.807) is 0 Å². The van der Waals surface area contributed by atoms with E-state index in [1.165, 1.54) is 5.49 Å². The highest BCUT2D eigenvalue weighted by molar-refractivity contribution is 7.81. The Bertz CT molecular complexity index is 609. The molecule has 4 heteroatoms. The highest BCUT2D eigenvalue weighted by Crippen LogP contribution is 2.19. The van der Waals surface area contributed by atoms with Crippen molar-refractivity contribution in [3.63, 3.8) is 0 Å². The van der Waals surface area contributed by atoms with Crippen LogP contribution in [-0.4, -0.2) is 10.5 Å². The molecule has 2 rings (SSSR count). The van der Waals surface area contributed by atoms with Crippen LogP contribution in [0.2, 0.25) is 0 Å². The van der Waals surface area contributed by atoms with Gasteiger partial charge in [-0.2, -0.15) is 0 Å². The summed E-state index contributed by atoms with van der Waals surface area (Å²) in [6.45, 7) is 2.05. The van der Waals surface area contributed by atoms with E-state index in [1.807, 2.05) is 55.5 Å². The molecule has 2 aromatic carbocycles. The molecule has 0 aliphatic heterocycles. The minimum atomic E-state index is 0.675. The number of nitrogens with one attached hydrogen (secondary N) is 2. The third kappa shape index (κ3) is 3.36. The van der Waals surface area contributed by atoms with E-state index in [4.69, 9.17) is 24.4 Å². The Balaban J connectivity index is 2.25. The molecule has 0 aliphatic rings. The van der Waals surface area contributed by atoms with Crippen molar-refractivity contribution >= 4 is 46.3 Å². The summed E-state index contributed by atoms with van der Waals surface area (Å²) < 4.78 is 0. The maximum absolute atomic E-state index is 5.46.